The van der Waals surface area contributed by atoms with Crippen LogP contribution in [0.25, 0.3) is 0 Å². The molecule has 3 fully saturated rings. The highest BCUT2D eigenvalue weighted by Crippen LogP contribution is 2.67. The van der Waals surface area contributed by atoms with Gasteiger partial charge in [-0.3, -0.25) is 4.79 Å². The minimum Gasteiger partial charge on any atom is -0.481 e. The molecule has 3 heteroatoms. The molecule has 5 rings (SSSR count). The second-order valence-corrected chi connectivity index (χ2v) is 14.2. The molecule has 1 unspecified atom stereocenters. The van der Waals surface area contributed by atoms with Crippen molar-refractivity contribution in [3.05, 3.63) is 47.5 Å². The third-order valence-electron chi connectivity index (χ3n) is 11.5. The number of carboxylic acids is 1. The second-order valence-electron chi connectivity index (χ2n) is 14.2. The molecule has 0 radical (unpaired) electrons. The first-order valence-corrected chi connectivity index (χ1v) is 15.7. The van der Waals surface area contributed by atoms with Crippen molar-refractivity contribution in [1.82, 2.24) is 0 Å². The Bertz CT molecular complexity index is 951. The van der Waals surface area contributed by atoms with Crippen LogP contribution in [0.2, 0.25) is 0 Å². The third kappa shape index (κ3) is 6.24. The number of aliphatic hydroxyl groups is 1. The third-order valence-corrected chi connectivity index (χ3v) is 11.5. The van der Waals surface area contributed by atoms with E-state index in [0.29, 0.717) is 10.8 Å². The van der Waals surface area contributed by atoms with Crippen LogP contribution < -0.4 is 0 Å². The fourth-order valence-corrected chi connectivity index (χ4v) is 9.44. The summed E-state index contributed by atoms with van der Waals surface area (Å²) in [6, 6.07) is 9.13. The van der Waals surface area contributed by atoms with Gasteiger partial charge >= 0.3 is 5.97 Å². The quantitative estimate of drug-likeness (QED) is 0.352. The van der Waals surface area contributed by atoms with Crippen LogP contribution >= 0.6 is 0 Å². The van der Waals surface area contributed by atoms with Crippen molar-refractivity contribution in [3.63, 3.8) is 0 Å². The molecule has 4 aliphatic rings. The van der Waals surface area contributed by atoms with Gasteiger partial charge in [-0.15, -0.1) is 0 Å². The van der Waals surface area contributed by atoms with Gasteiger partial charge in [0.1, 0.15) is 0 Å². The maximum Gasteiger partial charge on any atom is 0.307 e. The minimum absolute atomic E-state index is 0.0766. The van der Waals surface area contributed by atoms with Gasteiger partial charge < -0.3 is 10.2 Å². The number of carbonyl (C=O) groups is 1. The van der Waals surface area contributed by atoms with E-state index in [9.17, 15) is 9.90 Å². The summed E-state index contributed by atoms with van der Waals surface area (Å²) in [5.74, 6) is 4.67. The van der Waals surface area contributed by atoms with Crippen LogP contribution in [0.5, 0.6) is 0 Å². The fourth-order valence-electron chi connectivity index (χ4n) is 9.44. The van der Waals surface area contributed by atoms with Gasteiger partial charge in [-0.05, 0) is 103 Å². The van der Waals surface area contributed by atoms with Crippen LogP contribution in [-0.2, 0) is 11.2 Å². The van der Waals surface area contributed by atoms with Crippen molar-refractivity contribution in [2.24, 2.45) is 46.3 Å². The number of aliphatic hydroxyl groups excluding tert-OH is 1. The van der Waals surface area contributed by atoms with Gasteiger partial charge in [-0.1, -0.05) is 95.9 Å². The molecular formula is C35H54O3. The molecule has 1 aromatic rings. The zero-order valence-corrected chi connectivity index (χ0v) is 24.8. The van der Waals surface area contributed by atoms with E-state index in [-0.39, 0.29) is 12.5 Å². The summed E-state index contributed by atoms with van der Waals surface area (Å²) in [5.41, 5.74) is 3.45. The van der Waals surface area contributed by atoms with Crippen LogP contribution in [0.1, 0.15) is 111 Å². The molecule has 0 heterocycles. The van der Waals surface area contributed by atoms with Crippen molar-refractivity contribution < 1.29 is 15.0 Å². The molecule has 38 heavy (non-hydrogen) atoms. The van der Waals surface area contributed by atoms with Gasteiger partial charge in [-0.25, -0.2) is 0 Å². The Morgan fingerprint density at radius 2 is 1.71 bits per heavy atom. The number of fused-ring (bicyclic) bond motifs is 5. The van der Waals surface area contributed by atoms with Gasteiger partial charge in [0.05, 0.1) is 12.5 Å². The van der Waals surface area contributed by atoms with E-state index in [2.05, 4.69) is 40.7 Å². The van der Waals surface area contributed by atoms with E-state index >= 15 is 0 Å². The summed E-state index contributed by atoms with van der Waals surface area (Å²) in [7, 11) is 0. The molecule has 0 aromatic heterocycles. The normalized spacial score (nSPS) is 36.7. The number of benzene rings is 1. The number of carboxylic acid groups (broad SMARTS) is 1. The Kier molecular flexibility index (Phi) is 9.49. The Balaban J connectivity index is 0.000000283. The molecule has 212 valence electrons. The van der Waals surface area contributed by atoms with Gasteiger partial charge in [-0.2, -0.15) is 0 Å². The number of hydrogen-bond acceptors (Lipinski definition) is 2. The zero-order valence-electron chi connectivity index (χ0n) is 24.8. The van der Waals surface area contributed by atoms with Gasteiger partial charge in [0.2, 0.25) is 0 Å². The lowest BCUT2D eigenvalue weighted by molar-refractivity contribution is -0.136. The predicted octanol–water partition coefficient (Wildman–Crippen LogP) is 8.70. The van der Waals surface area contributed by atoms with Gasteiger partial charge in [0.25, 0.3) is 0 Å². The van der Waals surface area contributed by atoms with E-state index in [1.807, 2.05) is 18.2 Å². The number of aliphatic carboxylic acids is 1. The molecule has 3 nitrogen and oxygen atoms in total. The van der Waals surface area contributed by atoms with Crippen molar-refractivity contribution >= 4 is 5.97 Å². The molecule has 8 atom stereocenters. The average molecular weight is 523 g/mol. The monoisotopic (exact) mass is 522 g/mol. The average Bonchev–Trinajstić information content (AvgIpc) is 3.22. The molecular weight excluding hydrogens is 468 g/mol. The van der Waals surface area contributed by atoms with Crippen molar-refractivity contribution in [1.29, 1.82) is 0 Å². The summed E-state index contributed by atoms with van der Waals surface area (Å²) in [4.78, 5) is 10.2. The topological polar surface area (TPSA) is 57.5 Å². The molecule has 0 spiro atoms. The Morgan fingerprint density at radius 3 is 2.39 bits per heavy atom. The SMILES string of the molecule is CC(C)CCCC(C)[C@H]1CC[C@H]2[C@@H]3CC=C4C[C@@H](O)CC[C@]4(C)[C@H]3CC[C@]12C.O=C(O)Cc1ccccc1. The van der Waals surface area contributed by atoms with Gasteiger partial charge in [0, 0.05) is 0 Å². The lowest BCUT2D eigenvalue weighted by atomic mass is 9.47. The van der Waals surface area contributed by atoms with Crippen molar-refractivity contribution in [2.75, 3.05) is 0 Å². The first kappa shape index (κ1) is 29.4. The van der Waals surface area contributed by atoms with E-state index in [4.69, 9.17) is 5.11 Å². The molecule has 0 aliphatic heterocycles. The Labute approximate surface area is 232 Å². The van der Waals surface area contributed by atoms with Crippen LogP contribution in [0.3, 0.4) is 0 Å². The lowest BCUT2D eigenvalue weighted by Gasteiger charge is -2.58. The molecule has 2 N–H and O–H groups in total. The van der Waals surface area contributed by atoms with Crippen LogP contribution in [0, 0.1) is 46.3 Å². The van der Waals surface area contributed by atoms with Crippen LogP contribution in [0.4, 0.5) is 0 Å². The van der Waals surface area contributed by atoms with Gasteiger partial charge in [0.15, 0.2) is 0 Å². The fraction of sp³-hybridized carbons (Fsp3) is 0.743. The summed E-state index contributed by atoms with van der Waals surface area (Å²) in [6.45, 7) is 12.6. The molecule has 3 saturated carbocycles. The zero-order chi connectivity index (χ0) is 27.5. The predicted molar refractivity (Wildman–Crippen MR) is 157 cm³/mol. The first-order chi connectivity index (χ1) is 18.0. The lowest BCUT2D eigenvalue weighted by Crippen LogP contribution is -2.50. The summed E-state index contributed by atoms with van der Waals surface area (Å²) in [6.07, 6.45) is 17.3. The van der Waals surface area contributed by atoms with E-state index in [1.54, 1.807) is 17.7 Å². The number of hydrogen-bond donors (Lipinski definition) is 2. The smallest absolute Gasteiger partial charge is 0.307 e. The highest BCUT2D eigenvalue weighted by molar-refractivity contribution is 5.70. The standard InChI is InChI=1S/C27H46O.C8H8O2/c1-18(2)7-6-8-19(3)23-11-12-24-22-10-9-20-17-21(28)13-15-26(20,4)25(22)14-16-27(23,24)5;9-8(10)6-7-4-2-1-3-5-7/h9,18-19,21-25,28H,6-8,10-17H2,1-5H3;1-5H,6H2,(H,9,10)/t19?,21-,22-,23+,24-,25-,26-,27+;/m0./s1. The van der Waals surface area contributed by atoms with E-state index in [0.717, 1.165) is 53.9 Å². The minimum atomic E-state index is -0.786. The Morgan fingerprint density at radius 1 is 0.974 bits per heavy atom. The number of rotatable bonds is 7. The molecule has 0 saturated heterocycles. The van der Waals surface area contributed by atoms with E-state index in [1.165, 1.54) is 57.8 Å². The molecule has 0 amide bonds. The van der Waals surface area contributed by atoms with Crippen LogP contribution in [-0.4, -0.2) is 22.3 Å². The molecule has 4 aliphatic carbocycles. The molecule has 0 bridgehead atoms. The first-order valence-electron chi connectivity index (χ1n) is 15.7. The number of allylic oxidation sites excluding steroid dienone is 1. The summed E-state index contributed by atoms with van der Waals surface area (Å²) >= 11 is 0. The highest BCUT2D eigenvalue weighted by atomic mass is 16.4. The Hall–Kier alpha value is -1.61. The van der Waals surface area contributed by atoms with E-state index < -0.39 is 5.97 Å². The highest BCUT2D eigenvalue weighted by Gasteiger charge is 2.59. The molecule has 1 aromatic carbocycles. The largest absolute Gasteiger partial charge is 0.481 e. The summed E-state index contributed by atoms with van der Waals surface area (Å²) in [5, 5.41) is 18.6. The maximum atomic E-state index is 10.2. The van der Waals surface area contributed by atoms with Crippen LogP contribution in [0.15, 0.2) is 42.0 Å². The maximum absolute atomic E-state index is 10.2. The summed E-state index contributed by atoms with van der Waals surface area (Å²) < 4.78 is 0. The van der Waals surface area contributed by atoms with Crippen molar-refractivity contribution in [2.45, 2.75) is 118 Å². The van der Waals surface area contributed by atoms with Crippen molar-refractivity contribution in [3.8, 4) is 0 Å². The second kappa shape index (κ2) is 12.3.